The van der Waals surface area contributed by atoms with Crippen molar-refractivity contribution in [3.8, 4) is 11.5 Å². The van der Waals surface area contributed by atoms with Crippen LogP contribution in [0, 0.1) is 0 Å². The molecule has 2 rings (SSSR count). The van der Waals surface area contributed by atoms with Crippen LogP contribution in [0.3, 0.4) is 0 Å². The minimum Gasteiger partial charge on any atom is -0.493 e. The molecule has 1 N–H and O–H groups in total. The minimum absolute atomic E-state index is 0.649. The van der Waals surface area contributed by atoms with Crippen LogP contribution in [-0.4, -0.2) is 51.3 Å². The Morgan fingerprint density at radius 3 is 2.67 bits per heavy atom. The molecule has 0 aliphatic carbocycles. The summed E-state index contributed by atoms with van der Waals surface area (Å²) in [7, 11) is 5.56. The minimum atomic E-state index is 0.649. The van der Waals surface area contributed by atoms with Gasteiger partial charge in [-0.15, -0.1) is 0 Å². The standard InChI is InChI=1S/C17H28N2O2/c1-13-11-15(8-10-19(13)2)18-9-7-14-5-6-16(20-3)17(12-14)21-4/h5-6,12-13,15,18H,7-11H2,1-4H3. The third-order valence-corrected chi connectivity index (χ3v) is 4.50. The fourth-order valence-corrected chi connectivity index (χ4v) is 2.93. The van der Waals surface area contributed by atoms with Gasteiger partial charge in [-0.25, -0.2) is 0 Å². The van der Waals surface area contributed by atoms with Gasteiger partial charge in [0.05, 0.1) is 14.2 Å². The number of rotatable bonds is 6. The Balaban J connectivity index is 1.81. The lowest BCUT2D eigenvalue weighted by Gasteiger charge is -2.35. The highest BCUT2D eigenvalue weighted by Crippen LogP contribution is 2.27. The Labute approximate surface area is 128 Å². The van der Waals surface area contributed by atoms with Crippen LogP contribution in [-0.2, 0) is 6.42 Å². The lowest BCUT2D eigenvalue weighted by atomic mass is 9.99. The lowest BCUT2D eigenvalue weighted by Crippen LogP contribution is -2.46. The largest absolute Gasteiger partial charge is 0.493 e. The molecule has 0 spiro atoms. The summed E-state index contributed by atoms with van der Waals surface area (Å²) in [5.41, 5.74) is 1.28. The Morgan fingerprint density at radius 2 is 2.00 bits per heavy atom. The quantitative estimate of drug-likeness (QED) is 0.872. The normalized spacial score (nSPS) is 23.0. The van der Waals surface area contributed by atoms with Crippen molar-refractivity contribution >= 4 is 0 Å². The number of hydrogen-bond donors (Lipinski definition) is 1. The number of piperidine rings is 1. The molecule has 0 radical (unpaired) electrons. The second-order valence-corrected chi connectivity index (χ2v) is 5.94. The van der Waals surface area contributed by atoms with Gasteiger partial charge in [0.1, 0.15) is 0 Å². The van der Waals surface area contributed by atoms with E-state index in [1.165, 1.54) is 24.9 Å². The van der Waals surface area contributed by atoms with Crippen LogP contribution >= 0.6 is 0 Å². The third-order valence-electron chi connectivity index (χ3n) is 4.50. The van der Waals surface area contributed by atoms with Gasteiger partial charge in [-0.1, -0.05) is 6.07 Å². The maximum atomic E-state index is 5.35. The summed E-state index contributed by atoms with van der Waals surface area (Å²) in [4.78, 5) is 2.44. The van der Waals surface area contributed by atoms with Crippen molar-refractivity contribution in [3.05, 3.63) is 23.8 Å². The molecule has 0 aromatic heterocycles. The number of hydrogen-bond acceptors (Lipinski definition) is 4. The maximum absolute atomic E-state index is 5.35. The van der Waals surface area contributed by atoms with Crippen LogP contribution in [0.1, 0.15) is 25.3 Å². The highest BCUT2D eigenvalue weighted by Gasteiger charge is 2.21. The van der Waals surface area contributed by atoms with Crippen molar-refractivity contribution in [1.29, 1.82) is 0 Å². The summed E-state index contributed by atoms with van der Waals surface area (Å²) in [5.74, 6) is 1.60. The lowest BCUT2D eigenvalue weighted by molar-refractivity contribution is 0.169. The molecule has 1 fully saturated rings. The Morgan fingerprint density at radius 1 is 1.24 bits per heavy atom. The number of methoxy groups -OCH3 is 2. The molecule has 118 valence electrons. The predicted molar refractivity (Wildman–Crippen MR) is 86.4 cm³/mol. The molecule has 1 heterocycles. The van der Waals surface area contributed by atoms with Crippen molar-refractivity contribution < 1.29 is 9.47 Å². The molecular formula is C17H28N2O2. The summed E-state index contributed by atoms with van der Waals surface area (Å²) in [6.45, 7) is 4.51. The van der Waals surface area contributed by atoms with Crippen LogP contribution in [0.2, 0.25) is 0 Å². The molecule has 4 nitrogen and oxygen atoms in total. The van der Waals surface area contributed by atoms with E-state index in [4.69, 9.17) is 9.47 Å². The molecule has 4 heteroatoms. The first-order valence-corrected chi connectivity index (χ1v) is 7.78. The van der Waals surface area contributed by atoms with Crippen LogP contribution in [0.5, 0.6) is 11.5 Å². The summed E-state index contributed by atoms with van der Waals surface area (Å²) in [6.07, 6.45) is 3.50. The molecular weight excluding hydrogens is 264 g/mol. The van der Waals surface area contributed by atoms with E-state index in [9.17, 15) is 0 Å². The second kappa shape index (κ2) is 7.66. The van der Waals surface area contributed by atoms with Gasteiger partial charge < -0.3 is 19.7 Å². The van der Waals surface area contributed by atoms with Gasteiger partial charge in [-0.2, -0.15) is 0 Å². The monoisotopic (exact) mass is 292 g/mol. The maximum Gasteiger partial charge on any atom is 0.160 e. The van der Waals surface area contributed by atoms with Gasteiger partial charge in [0, 0.05) is 12.1 Å². The average Bonchev–Trinajstić information content (AvgIpc) is 2.50. The van der Waals surface area contributed by atoms with Crippen molar-refractivity contribution in [3.63, 3.8) is 0 Å². The molecule has 0 bridgehead atoms. The summed E-state index contributed by atoms with van der Waals surface area (Å²) < 4.78 is 10.6. The first-order valence-electron chi connectivity index (χ1n) is 7.78. The van der Waals surface area contributed by atoms with E-state index < -0.39 is 0 Å². The van der Waals surface area contributed by atoms with Crippen LogP contribution in [0.15, 0.2) is 18.2 Å². The topological polar surface area (TPSA) is 33.7 Å². The number of nitrogens with one attached hydrogen (secondary N) is 1. The molecule has 0 saturated carbocycles. The number of nitrogens with zero attached hydrogens (tertiary/aromatic N) is 1. The van der Waals surface area contributed by atoms with Gasteiger partial charge in [-0.3, -0.25) is 0 Å². The molecule has 0 amide bonds. The molecule has 1 aliphatic rings. The molecule has 2 unspecified atom stereocenters. The second-order valence-electron chi connectivity index (χ2n) is 5.94. The smallest absolute Gasteiger partial charge is 0.160 e. The zero-order chi connectivity index (χ0) is 15.2. The molecule has 1 aliphatic heterocycles. The highest BCUT2D eigenvalue weighted by atomic mass is 16.5. The van der Waals surface area contributed by atoms with Gasteiger partial charge >= 0.3 is 0 Å². The van der Waals surface area contributed by atoms with Gasteiger partial charge in [-0.05, 0) is 64.0 Å². The molecule has 1 saturated heterocycles. The first-order chi connectivity index (χ1) is 10.1. The van der Waals surface area contributed by atoms with Gasteiger partial charge in [0.25, 0.3) is 0 Å². The molecule has 1 aromatic carbocycles. The van der Waals surface area contributed by atoms with Gasteiger partial charge in [0.15, 0.2) is 11.5 Å². The Hall–Kier alpha value is -1.26. The van der Waals surface area contributed by atoms with E-state index in [2.05, 4.69) is 36.3 Å². The fraction of sp³-hybridized carbons (Fsp3) is 0.647. The van der Waals surface area contributed by atoms with E-state index in [1.807, 2.05) is 6.07 Å². The van der Waals surface area contributed by atoms with E-state index >= 15 is 0 Å². The van der Waals surface area contributed by atoms with Crippen molar-refractivity contribution in [2.75, 3.05) is 34.4 Å². The van der Waals surface area contributed by atoms with Crippen molar-refractivity contribution in [1.82, 2.24) is 10.2 Å². The van der Waals surface area contributed by atoms with Crippen LogP contribution < -0.4 is 14.8 Å². The summed E-state index contributed by atoms with van der Waals surface area (Å²) in [6, 6.07) is 7.48. The summed E-state index contributed by atoms with van der Waals surface area (Å²) >= 11 is 0. The van der Waals surface area contributed by atoms with Crippen LogP contribution in [0.25, 0.3) is 0 Å². The van der Waals surface area contributed by atoms with E-state index in [0.717, 1.165) is 24.5 Å². The zero-order valence-electron chi connectivity index (χ0n) is 13.7. The number of likely N-dealkylation sites (tertiary alicyclic amines) is 1. The Kier molecular flexibility index (Phi) is 5.88. The van der Waals surface area contributed by atoms with Crippen molar-refractivity contribution in [2.24, 2.45) is 0 Å². The zero-order valence-corrected chi connectivity index (χ0v) is 13.7. The molecule has 21 heavy (non-hydrogen) atoms. The van der Waals surface area contributed by atoms with E-state index in [1.54, 1.807) is 14.2 Å². The fourth-order valence-electron chi connectivity index (χ4n) is 2.93. The van der Waals surface area contributed by atoms with Gasteiger partial charge in [0.2, 0.25) is 0 Å². The predicted octanol–water partition coefficient (Wildman–Crippen LogP) is 2.32. The molecule has 2 atom stereocenters. The SMILES string of the molecule is COc1ccc(CCNC2CCN(C)C(C)C2)cc1OC. The highest BCUT2D eigenvalue weighted by molar-refractivity contribution is 5.42. The molecule has 1 aromatic rings. The number of ether oxygens (including phenoxy) is 2. The first kappa shape index (κ1) is 16.1. The van der Waals surface area contributed by atoms with E-state index in [0.29, 0.717) is 12.1 Å². The number of benzene rings is 1. The van der Waals surface area contributed by atoms with Crippen LogP contribution in [0.4, 0.5) is 0 Å². The Bertz CT molecular complexity index is 450. The average molecular weight is 292 g/mol. The van der Waals surface area contributed by atoms with Crippen molar-refractivity contribution in [2.45, 2.75) is 38.3 Å². The summed E-state index contributed by atoms with van der Waals surface area (Å²) in [5, 5.41) is 3.69. The van der Waals surface area contributed by atoms with E-state index in [-0.39, 0.29) is 0 Å². The third kappa shape index (κ3) is 4.35.